The van der Waals surface area contributed by atoms with E-state index in [-0.39, 0.29) is 55.4 Å². The Morgan fingerprint density at radius 2 is 1.17 bits per heavy atom. The van der Waals surface area contributed by atoms with Gasteiger partial charge in [-0.15, -0.1) is 0 Å². The Bertz CT molecular complexity index is 149. The zero-order valence-electron chi connectivity index (χ0n) is 7.47. The van der Waals surface area contributed by atoms with E-state index in [4.69, 9.17) is 20.4 Å². The molecule has 0 aliphatic carbocycles. The van der Waals surface area contributed by atoms with Crippen LogP contribution in [0, 0.1) is 0 Å². The molecule has 8 heteroatoms. The quantitative estimate of drug-likeness (QED) is 0.386. The Kier molecular flexibility index (Phi) is 12.7. The summed E-state index contributed by atoms with van der Waals surface area (Å²) in [6.07, 6.45) is -4.53. The number of aliphatic hydroxyl groups is 2. The predicted octanol–water partition coefficient (Wildman–Crippen LogP) is -6.19. The third-order valence-electron chi connectivity index (χ3n) is 0.805. The fraction of sp³-hybridized carbons (Fsp3) is 0.500. The van der Waals surface area contributed by atoms with E-state index in [1.54, 1.807) is 0 Å². The van der Waals surface area contributed by atoms with E-state index >= 15 is 0 Å². The number of carboxylic acid groups (broad SMARTS) is 2. The first-order chi connectivity index (χ1) is 4.46. The van der Waals surface area contributed by atoms with Crippen LogP contribution < -0.4 is 29.6 Å². The molecule has 12 heavy (non-hydrogen) atoms. The maximum atomic E-state index is 9.77. The molecule has 4 N–H and O–H groups in total. The molecule has 68 valence electrons. The molecular formula is C4H10NaO6Sb. The summed E-state index contributed by atoms with van der Waals surface area (Å²) >= 11 is 0. The SMILES string of the molecule is O=C(O)C(O)C(O)C(=O)O.[H-].[Na+].[SbH3]. The number of hydrogen-bond donors (Lipinski definition) is 4. The monoisotopic (exact) mass is 298 g/mol. The molecule has 0 rings (SSSR count). The Morgan fingerprint density at radius 3 is 1.25 bits per heavy atom. The number of aliphatic carboxylic acids is 2. The summed E-state index contributed by atoms with van der Waals surface area (Å²) < 4.78 is 0. The van der Waals surface area contributed by atoms with Gasteiger partial charge in [0.05, 0.1) is 0 Å². The van der Waals surface area contributed by atoms with Crippen LogP contribution in [0.15, 0.2) is 0 Å². The van der Waals surface area contributed by atoms with Crippen molar-refractivity contribution in [1.82, 2.24) is 0 Å². The molecular weight excluding hydrogens is 289 g/mol. The topological polar surface area (TPSA) is 115 Å². The zero-order valence-corrected chi connectivity index (χ0v) is 12.5. The van der Waals surface area contributed by atoms with E-state index in [1.807, 2.05) is 0 Å². The van der Waals surface area contributed by atoms with Gasteiger partial charge in [0.2, 0.25) is 0 Å². The van der Waals surface area contributed by atoms with E-state index in [1.165, 1.54) is 0 Å². The van der Waals surface area contributed by atoms with Gasteiger partial charge >= 0.3 is 65.9 Å². The average Bonchev–Trinajstić information content (AvgIpc) is 1.84. The van der Waals surface area contributed by atoms with Gasteiger partial charge in [0.1, 0.15) is 0 Å². The van der Waals surface area contributed by atoms with Crippen molar-refractivity contribution in [3.8, 4) is 0 Å². The van der Waals surface area contributed by atoms with Crippen LogP contribution in [0.4, 0.5) is 0 Å². The number of rotatable bonds is 3. The molecule has 0 aromatic rings. The standard InChI is InChI=1S/C4H6O6.Na.Sb.4H/c5-1(3(7)8)2(6)4(9)10;;;;;;/h1-2,5-6H,(H,7,8)(H,9,10);;;;;;/q;+1;;;;;-1. The summed E-state index contributed by atoms with van der Waals surface area (Å²) in [4.78, 5) is 19.5. The second-order valence-electron chi connectivity index (χ2n) is 1.57. The van der Waals surface area contributed by atoms with Crippen molar-refractivity contribution in [2.75, 3.05) is 0 Å². The normalized spacial score (nSPS) is 13.2. The number of aliphatic hydroxyl groups excluding tert-OH is 2. The van der Waals surface area contributed by atoms with Crippen LogP contribution in [0.1, 0.15) is 1.43 Å². The Morgan fingerprint density at radius 1 is 1.00 bits per heavy atom. The second-order valence-corrected chi connectivity index (χ2v) is 1.57. The van der Waals surface area contributed by atoms with Crippen LogP contribution in [0.5, 0.6) is 0 Å². The molecule has 0 aliphatic rings. The summed E-state index contributed by atoms with van der Waals surface area (Å²) in [5.41, 5.74) is 0. The fourth-order valence-corrected chi connectivity index (χ4v) is 0.270. The van der Waals surface area contributed by atoms with Crippen molar-refractivity contribution < 1.29 is 61.0 Å². The predicted molar refractivity (Wildman–Crippen MR) is 38.3 cm³/mol. The van der Waals surface area contributed by atoms with Crippen molar-refractivity contribution in [2.45, 2.75) is 12.2 Å². The molecule has 0 aromatic carbocycles. The van der Waals surface area contributed by atoms with E-state index in [0.29, 0.717) is 0 Å². The van der Waals surface area contributed by atoms with Crippen molar-refractivity contribution in [3.63, 3.8) is 0 Å². The van der Waals surface area contributed by atoms with E-state index in [2.05, 4.69) is 0 Å². The van der Waals surface area contributed by atoms with E-state index < -0.39 is 24.1 Å². The van der Waals surface area contributed by atoms with Crippen molar-refractivity contribution >= 4 is 36.4 Å². The van der Waals surface area contributed by atoms with Gasteiger partial charge in [-0.3, -0.25) is 0 Å². The molecule has 6 nitrogen and oxygen atoms in total. The van der Waals surface area contributed by atoms with Gasteiger partial charge in [-0.1, -0.05) is 0 Å². The Labute approximate surface area is 109 Å². The third-order valence-corrected chi connectivity index (χ3v) is 0.805. The molecule has 0 radical (unpaired) electrons. The number of carboxylic acids is 2. The van der Waals surface area contributed by atoms with Gasteiger partial charge in [0.15, 0.2) is 12.2 Å². The van der Waals surface area contributed by atoms with E-state index in [0.717, 1.165) is 0 Å². The van der Waals surface area contributed by atoms with Crippen molar-refractivity contribution in [1.29, 1.82) is 0 Å². The molecule has 0 heterocycles. The minimum absolute atomic E-state index is 0. The molecule has 0 spiro atoms. The zero-order chi connectivity index (χ0) is 8.31. The first-order valence-electron chi connectivity index (χ1n) is 2.28. The molecule has 0 aromatic heterocycles. The van der Waals surface area contributed by atoms with Crippen molar-refractivity contribution in [3.05, 3.63) is 0 Å². The number of hydrogen-bond acceptors (Lipinski definition) is 4. The maximum absolute atomic E-state index is 9.77. The molecule has 0 fully saturated rings. The third kappa shape index (κ3) is 6.22. The molecule has 0 amide bonds. The van der Waals surface area contributed by atoms with Crippen LogP contribution in [-0.4, -0.2) is 69.0 Å². The van der Waals surface area contributed by atoms with Gasteiger partial charge in [0.25, 0.3) is 0 Å². The van der Waals surface area contributed by atoms with E-state index in [9.17, 15) is 9.59 Å². The van der Waals surface area contributed by atoms with Crippen molar-refractivity contribution in [2.24, 2.45) is 0 Å². The number of carbonyl (C=O) groups is 2. The van der Waals surface area contributed by atoms with Crippen LogP contribution in [0.3, 0.4) is 0 Å². The minimum atomic E-state index is -2.27. The van der Waals surface area contributed by atoms with Gasteiger partial charge in [-0.2, -0.15) is 0 Å². The molecule has 0 bridgehead atoms. The first kappa shape index (κ1) is 18.5. The molecule has 0 saturated carbocycles. The summed E-state index contributed by atoms with van der Waals surface area (Å²) in [6.45, 7) is 0. The second kappa shape index (κ2) is 8.28. The summed E-state index contributed by atoms with van der Waals surface area (Å²) in [7, 11) is 0. The van der Waals surface area contributed by atoms with Crippen LogP contribution in [0.25, 0.3) is 0 Å². The van der Waals surface area contributed by atoms with Gasteiger partial charge < -0.3 is 21.9 Å². The Balaban J connectivity index is -0.000000135. The van der Waals surface area contributed by atoms with Crippen LogP contribution >= 0.6 is 0 Å². The summed E-state index contributed by atoms with van der Waals surface area (Å²) in [6, 6.07) is 0. The fourth-order valence-electron chi connectivity index (χ4n) is 0.270. The summed E-state index contributed by atoms with van der Waals surface area (Å²) in [5.74, 6) is -3.54. The summed E-state index contributed by atoms with van der Waals surface area (Å²) in [5, 5.41) is 32.5. The molecule has 2 atom stereocenters. The molecule has 0 saturated heterocycles. The van der Waals surface area contributed by atoms with Gasteiger partial charge in [0, 0.05) is 0 Å². The average molecular weight is 299 g/mol. The van der Waals surface area contributed by atoms with Crippen LogP contribution in [0.2, 0.25) is 0 Å². The first-order valence-corrected chi connectivity index (χ1v) is 2.28. The van der Waals surface area contributed by atoms with Crippen LogP contribution in [-0.2, 0) is 9.59 Å². The molecule has 0 aliphatic heterocycles. The molecule has 2 unspecified atom stereocenters. The Hall–Kier alpha value is 0.678. The van der Waals surface area contributed by atoms with Gasteiger partial charge in [-0.25, -0.2) is 9.59 Å². The van der Waals surface area contributed by atoms with Gasteiger partial charge in [-0.05, 0) is 0 Å².